The molecule has 1 saturated heterocycles. The smallest absolute Gasteiger partial charge is 0.341 e. The zero-order chi connectivity index (χ0) is 32.6. The van der Waals surface area contributed by atoms with E-state index in [4.69, 9.17) is 9.47 Å². The Morgan fingerprint density at radius 3 is 2.44 bits per heavy atom. The van der Waals surface area contributed by atoms with Crippen LogP contribution in [0.5, 0.6) is 5.75 Å². The van der Waals surface area contributed by atoms with Gasteiger partial charge in [-0.1, -0.05) is 58.4 Å². The lowest BCUT2D eigenvalue weighted by molar-refractivity contribution is -0.593. The summed E-state index contributed by atoms with van der Waals surface area (Å²) in [6.07, 6.45) is 0.838. The van der Waals surface area contributed by atoms with E-state index in [2.05, 4.69) is 26.0 Å². The average molecular weight is 722 g/mol. The number of carbonyl (C=O) groups excluding carboxylic acids is 3. The second-order valence-corrected chi connectivity index (χ2v) is 13.9. The molecule has 1 fully saturated rings. The number of nitrogens with one attached hydrogen (secondary N) is 2. The molecule has 0 spiro atoms. The minimum atomic E-state index is -4.05. The molecule has 2 N–H and O–H groups in total. The van der Waals surface area contributed by atoms with Crippen molar-refractivity contribution in [3.63, 3.8) is 0 Å². The number of quaternary nitrogens is 1. The maximum atomic E-state index is 13.3. The lowest BCUT2D eigenvalue weighted by Gasteiger charge is -2.36. The molecule has 2 unspecified atom stereocenters. The molecule has 0 aromatic heterocycles. The quantitative estimate of drug-likeness (QED) is 0.0792. The van der Waals surface area contributed by atoms with E-state index in [-0.39, 0.29) is 30.9 Å². The third-order valence-electron chi connectivity index (χ3n) is 6.87. The van der Waals surface area contributed by atoms with Gasteiger partial charge >= 0.3 is 11.9 Å². The molecule has 2 atom stereocenters. The van der Waals surface area contributed by atoms with E-state index in [1.165, 1.54) is 19.2 Å². The third-order valence-corrected chi connectivity index (χ3v) is 10.2. The topological polar surface area (TPSA) is 174 Å². The Morgan fingerprint density at radius 1 is 1.07 bits per heavy atom. The first kappa shape index (κ1) is 34.6. The summed E-state index contributed by atoms with van der Waals surface area (Å²) in [6.45, 7) is 0.516. The molecule has 0 bridgehead atoms. The second kappa shape index (κ2) is 15.3. The largest absolute Gasteiger partial charge is 0.612 e. The average Bonchev–Trinajstić information content (AvgIpc) is 3.29. The molecule has 3 aromatic carbocycles. The SMILES string of the molecule is COC(=O)c1ccccc1OCCCCNC(=O)C(Cc1ccc(C2CC(=O)[N+]([O-])([O-])S2)c(Br)c1)NS(=O)(=O)c1ccccc1. The Bertz CT molecular complexity index is 1640. The molecule has 0 radical (unpaired) electrons. The molecule has 0 aliphatic carbocycles. The van der Waals surface area contributed by atoms with E-state index in [1.807, 2.05) is 0 Å². The van der Waals surface area contributed by atoms with Crippen molar-refractivity contribution >= 4 is 55.7 Å². The van der Waals surface area contributed by atoms with Crippen molar-refractivity contribution < 1.29 is 36.5 Å². The van der Waals surface area contributed by atoms with E-state index in [1.54, 1.807) is 60.7 Å². The number of hydroxylamine groups is 2. The maximum absolute atomic E-state index is 13.3. The van der Waals surface area contributed by atoms with E-state index in [0.29, 0.717) is 51.7 Å². The summed E-state index contributed by atoms with van der Waals surface area (Å²) < 4.78 is 37.5. The van der Waals surface area contributed by atoms with E-state index in [9.17, 15) is 33.2 Å². The molecule has 0 saturated carbocycles. The molecule has 15 heteroatoms. The molecule has 1 aliphatic rings. The number of para-hydroxylation sites is 1. The predicted molar refractivity (Wildman–Crippen MR) is 171 cm³/mol. The van der Waals surface area contributed by atoms with Crippen molar-refractivity contribution in [2.45, 2.75) is 41.9 Å². The highest BCUT2D eigenvalue weighted by Crippen LogP contribution is 2.48. The van der Waals surface area contributed by atoms with Gasteiger partial charge in [-0.15, -0.1) is 0 Å². The summed E-state index contributed by atoms with van der Waals surface area (Å²) in [5, 5.41) is 25.7. The number of ether oxygens (including phenoxy) is 2. The second-order valence-electron chi connectivity index (χ2n) is 10.1. The number of benzene rings is 3. The van der Waals surface area contributed by atoms with Crippen LogP contribution in [-0.2, 0) is 30.8 Å². The Labute approximate surface area is 273 Å². The van der Waals surface area contributed by atoms with Gasteiger partial charge in [0.25, 0.3) is 0 Å². The van der Waals surface area contributed by atoms with Gasteiger partial charge in [0.05, 0.1) is 42.2 Å². The number of hydrogen-bond donors (Lipinski definition) is 2. The number of halogens is 1. The summed E-state index contributed by atoms with van der Waals surface area (Å²) in [5.74, 6) is -1.63. The highest BCUT2D eigenvalue weighted by Gasteiger charge is 2.39. The highest BCUT2D eigenvalue weighted by atomic mass is 79.9. The fraction of sp³-hybridized carbons (Fsp3) is 0.300. The zero-order valence-corrected chi connectivity index (χ0v) is 27.4. The van der Waals surface area contributed by atoms with Gasteiger partial charge in [-0.05, 0) is 60.7 Å². The first-order valence-electron chi connectivity index (χ1n) is 13.9. The summed E-state index contributed by atoms with van der Waals surface area (Å²) in [4.78, 5) is 37.0. The van der Waals surface area contributed by atoms with Crippen LogP contribution in [0.15, 0.2) is 82.2 Å². The van der Waals surface area contributed by atoms with E-state index in [0.717, 1.165) is 0 Å². The van der Waals surface area contributed by atoms with Crippen molar-refractivity contribution in [1.82, 2.24) is 10.0 Å². The Morgan fingerprint density at radius 2 is 1.78 bits per heavy atom. The molecule has 1 heterocycles. The Balaban J connectivity index is 1.39. The normalized spacial score (nSPS) is 16.6. The number of hydrogen-bond acceptors (Lipinski definition) is 10. The third kappa shape index (κ3) is 9.13. The summed E-state index contributed by atoms with van der Waals surface area (Å²) in [5.41, 5.74) is 1.48. The number of sulfonamides is 1. The van der Waals surface area contributed by atoms with Gasteiger partial charge in [0, 0.05) is 11.0 Å². The monoisotopic (exact) mass is 720 g/mol. The van der Waals surface area contributed by atoms with Crippen LogP contribution in [0, 0.1) is 10.4 Å². The minimum absolute atomic E-state index is 0.00322. The molecule has 4 rings (SSSR count). The minimum Gasteiger partial charge on any atom is -0.612 e. The number of methoxy groups -OCH3 is 1. The first-order valence-corrected chi connectivity index (χ1v) is 17.0. The number of rotatable bonds is 14. The van der Waals surface area contributed by atoms with Crippen molar-refractivity contribution in [3.05, 3.63) is 104 Å². The Hall–Kier alpha value is -3.31. The lowest BCUT2D eigenvalue weighted by Crippen LogP contribution is -2.48. The number of nitrogens with zero attached hydrogens (tertiary/aromatic N) is 1. The van der Waals surface area contributed by atoms with Gasteiger partial charge in [0.2, 0.25) is 15.9 Å². The molecule has 3 aromatic rings. The lowest BCUT2D eigenvalue weighted by atomic mass is 10.0. The van der Waals surface area contributed by atoms with Crippen LogP contribution >= 0.6 is 27.9 Å². The van der Waals surface area contributed by atoms with Crippen LogP contribution < -0.4 is 14.8 Å². The molecule has 45 heavy (non-hydrogen) atoms. The van der Waals surface area contributed by atoms with Gasteiger partial charge in [-0.3, -0.25) is 9.01 Å². The molecule has 1 aliphatic heterocycles. The van der Waals surface area contributed by atoms with Crippen LogP contribution in [0.4, 0.5) is 0 Å². The molecular weight excluding hydrogens is 690 g/mol. The van der Waals surface area contributed by atoms with Gasteiger partial charge in [-0.25, -0.2) is 18.0 Å². The van der Waals surface area contributed by atoms with Crippen LogP contribution in [-0.4, -0.2) is 56.7 Å². The van der Waals surface area contributed by atoms with E-state index < -0.39 is 43.3 Å². The molecule has 2 amide bonds. The fourth-order valence-electron chi connectivity index (χ4n) is 4.55. The van der Waals surface area contributed by atoms with Crippen LogP contribution in [0.1, 0.15) is 46.0 Å². The first-order chi connectivity index (χ1) is 21.4. The molecule has 12 nitrogen and oxygen atoms in total. The highest BCUT2D eigenvalue weighted by molar-refractivity contribution is 9.10. The van der Waals surface area contributed by atoms with Gasteiger partial charge in [0.15, 0.2) is 0 Å². The Kier molecular flexibility index (Phi) is 11.8. The number of unbranched alkanes of at least 4 members (excludes halogenated alkanes) is 1. The standard InChI is InChI=1S/C30H31BrN3O9S2/c1-42-30(37)23-11-5-6-12-26(23)43-16-8-7-15-32-29(36)25(33-45(40,41)21-9-3-2-4-10-21)18-20-13-14-22(24(31)17-20)27-19-28(35)34(38,39)44-27/h2-6,9-14,17,25,27,33H,7-8,15-16,18-19H2,1H3,(H,32,36)/q-1. The fourth-order valence-corrected chi connectivity index (χ4v) is 7.69. The van der Waals surface area contributed by atoms with Gasteiger partial charge < -0.3 is 25.2 Å². The maximum Gasteiger partial charge on any atom is 0.341 e. The van der Waals surface area contributed by atoms with Crippen molar-refractivity contribution in [3.8, 4) is 5.75 Å². The summed E-state index contributed by atoms with van der Waals surface area (Å²) >= 11 is 3.88. The molecular formula is C30H31BrN3O9S2-. The van der Waals surface area contributed by atoms with Gasteiger partial charge in [0.1, 0.15) is 17.4 Å². The van der Waals surface area contributed by atoms with Crippen molar-refractivity contribution in [2.75, 3.05) is 20.3 Å². The van der Waals surface area contributed by atoms with Crippen molar-refractivity contribution in [2.24, 2.45) is 0 Å². The number of carbonyl (C=O) groups is 3. The summed E-state index contributed by atoms with van der Waals surface area (Å²) in [7, 11) is -2.76. The number of amides is 2. The van der Waals surface area contributed by atoms with Crippen LogP contribution in [0.25, 0.3) is 0 Å². The van der Waals surface area contributed by atoms with Gasteiger partial charge in [-0.2, -0.15) is 4.72 Å². The van der Waals surface area contributed by atoms with Crippen molar-refractivity contribution in [1.29, 1.82) is 0 Å². The van der Waals surface area contributed by atoms with Crippen LogP contribution in [0.3, 0.4) is 0 Å². The summed E-state index contributed by atoms with van der Waals surface area (Å²) in [6, 6.07) is 18.2. The number of esters is 1. The predicted octanol–water partition coefficient (Wildman–Crippen LogP) is 4.53. The molecule has 240 valence electrons. The zero-order valence-electron chi connectivity index (χ0n) is 24.1. The van der Waals surface area contributed by atoms with Crippen LogP contribution in [0.2, 0.25) is 0 Å². The van der Waals surface area contributed by atoms with E-state index >= 15 is 0 Å².